The highest BCUT2D eigenvalue weighted by Gasteiger charge is 2.40. The molecule has 0 aromatic carbocycles. The van der Waals surface area contributed by atoms with Crippen LogP contribution >= 0.6 is 0 Å². The number of carbonyl (C=O) groups is 2. The molecule has 2 amide bonds. The molecule has 6 heteroatoms. The summed E-state index contributed by atoms with van der Waals surface area (Å²) in [6.45, 7) is 2.31. The Morgan fingerprint density at radius 2 is 2.00 bits per heavy atom. The predicted octanol–water partition coefficient (Wildman–Crippen LogP) is 2.23. The molecule has 0 bridgehead atoms. The number of carboxylic acids is 1. The van der Waals surface area contributed by atoms with E-state index in [0.29, 0.717) is 6.54 Å². The number of aliphatic carboxylic acids is 1. The Morgan fingerprint density at radius 3 is 2.64 bits per heavy atom. The molecule has 0 radical (unpaired) electrons. The molecule has 2 unspecified atom stereocenters. The fourth-order valence-corrected chi connectivity index (χ4v) is 3.51. The van der Waals surface area contributed by atoms with Crippen LogP contribution < -0.4 is 5.32 Å². The molecule has 1 spiro atoms. The lowest BCUT2D eigenvalue weighted by atomic mass is 9.83. The van der Waals surface area contributed by atoms with Crippen molar-refractivity contribution in [3.05, 3.63) is 0 Å². The smallest absolute Gasteiger partial charge is 0.317 e. The number of amides is 2. The molecular formula is C16H28N2O4. The summed E-state index contributed by atoms with van der Waals surface area (Å²) in [6, 6.07) is -0.235. The Balaban J connectivity index is 1.71. The number of urea groups is 1. The number of nitrogens with one attached hydrogen (secondary N) is 1. The quantitative estimate of drug-likeness (QED) is 0.816. The summed E-state index contributed by atoms with van der Waals surface area (Å²) in [4.78, 5) is 24.2. The first-order chi connectivity index (χ1) is 10.4. The molecule has 2 rings (SSSR count). The van der Waals surface area contributed by atoms with Gasteiger partial charge >= 0.3 is 12.0 Å². The minimum Gasteiger partial charge on any atom is -0.481 e. The summed E-state index contributed by atoms with van der Waals surface area (Å²) in [5.41, 5.74) is 0.0668. The van der Waals surface area contributed by atoms with Crippen molar-refractivity contribution < 1.29 is 19.4 Å². The van der Waals surface area contributed by atoms with Gasteiger partial charge in [-0.1, -0.05) is 26.2 Å². The van der Waals surface area contributed by atoms with Crippen molar-refractivity contribution in [1.29, 1.82) is 0 Å². The van der Waals surface area contributed by atoms with Crippen LogP contribution in [0, 0.1) is 5.92 Å². The highest BCUT2D eigenvalue weighted by Crippen LogP contribution is 2.41. The van der Waals surface area contributed by atoms with Gasteiger partial charge in [0.1, 0.15) is 0 Å². The zero-order chi connectivity index (χ0) is 16.2. The maximum Gasteiger partial charge on any atom is 0.317 e. The summed E-state index contributed by atoms with van der Waals surface area (Å²) in [6.07, 6.45) is 8.27. The van der Waals surface area contributed by atoms with Gasteiger partial charge < -0.3 is 20.1 Å². The molecule has 2 atom stereocenters. The summed E-state index contributed by atoms with van der Waals surface area (Å²) < 4.78 is 6.21. The fourth-order valence-electron chi connectivity index (χ4n) is 3.51. The minimum atomic E-state index is -0.891. The van der Waals surface area contributed by atoms with Crippen LogP contribution in [0.25, 0.3) is 0 Å². The predicted molar refractivity (Wildman–Crippen MR) is 82.8 cm³/mol. The third-order valence-electron chi connectivity index (χ3n) is 4.90. The van der Waals surface area contributed by atoms with E-state index in [4.69, 9.17) is 9.84 Å². The van der Waals surface area contributed by atoms with Gasteiger partial charge in [-0.3, -0.25) is 4.79 Å². The Hall–Kier alpha value is -1.30. The first-order valence-corrected chi connectivity index (χ1v) is 8.31. The van der Waals surface area contributed by atoms with Gasteiger partial charge in [0.15, 0.2) is 0 Å². The molecule has 1 saturated heterocycles. The molecule has 1 aliphatic carbocycles. The Bertz CT molecular complexity index is 407. The van der Waals surface area contributed by atoms with Crippen molar-refractivity contribution >= 4 is 12.0 Å². The minimum absolute atomic E-state index is 0.0668. The van der Waals surface area contributed by atoms with E-state index < -0.39 is 11.9 Å². The van der Waals surface area contributed by atoms with Gasteiger partial charge in [0.05, 0.1) is 17.6 Å². The van der Waals surface area contributed by atoms with E-state index in [0.717, 1.165) is 25.7 Å². The van der Waals surface area contributed by atoms with Crippen LogP contribution in [0.3, 0.4) is 0 Å². The molecule has 0 aromatic heterocycles. The van der Waals surface area contributed by atoms with Crippen LogP contribution in [0.5, 0.6) is 0 Å². The normalized spacial score (nSPS) is 24.9. The fraction of sp³-hybridized carbons (Fsp3) is 0.875. The Labute approximate surface area is 132 Å². The lowest BCUT2D eigenvalue weighted by Gasteiger charge is -2.33. The molecule has 1 saturated carbocycles. The second kappa shape index (κ2) is 7.31. The molecule has 6 nitrogen and oxygen atoms in total. The average molecular weight is 312 g/mol. The van der Waals surface area contributed by atoms with Crippen LogP contribution in [-0.2, 0) is 9.53 Å². The van der Waals surface area contributed by atoms with E-state index in [9.17, 15) is 9.59 Å². The van der Waals surface area contributed by atoms with Gasteiger partial charge in [0.25, 0.3) is 0 Å². The summed E-state index contributed by atoms with van der Waals surface area (Å²) >= 11 is 0. The number of hydrogen-bond acceptors (Lipinski definition) is 3. The van der Waals surface area contributed by atoms with Gasteiger partial charge in [0, 0.05) is 20.1 Å². The number of carbonyl (C=O) groups excluding carboxylic acids is 1. The first-order valence-electron chi connectivity index (χ1n) is 8.31. The van der Waals surface area contributed by atoms with Gasteiger partial charge in [-0.05, 0) is 25.7 Å². The molecule has 126 valence electrons. The standard InChI is InChI=1S/C16H28N2O4/c1-12(14(19)20)11-18(2)15(21)17-10-13-6-9-16(22-13)7-4-3-5-8-16/h12-13H,3-11H2,1-2H3,(H,17,21)(H,19,20). The molecule has 0 aromatic rings. The first kappa shape index (κ1) is 17.1. The van der Waals surface area contributed by atoms with Crippen molar-refractivity contribution in [3.8, 4) is 0 Å². The third-order valence-corrected chi connectivity index (χ3v) is 4.90. The molecular weight excluding hydrogens is 284 g/mol. The van der Waals surface area contributed by atoms with Gasteiger partial charge in [-0.25, -0.2) is 4.79 Å². The molecule has 2 fully saturated rings. The van der Waals surface area contributed by atoms with Gasteiger partial charge in [-0.15, -0.1) is 0 Å². The number of rotatable bonds is 5. The zero-order valence-electron chi connectivity index (χ0n) is 13.6. The van der Waals surface area contributed by atoms with Gasteiger partial charge in [0.2, 0.25) is 0 Å². The lowest BCUT2D eigenvalue weighted by molar-refractivity contribution is -0.141. The van der Waals surface area contributed by atoms with E-state index in [-0.39, 0.29) is 24.3 Å². The molecule has 2 aliphatic rings. The van der Waals surface area contributed by atoms with Crippen LogP contribution in [0.1, 0.15) is 51.9 Å². The molecule has 1 heterocycles. The summed E-state index contributed by atoms with van der Waals surface area (Å²) in [5, 5.41) is 11.7. The van der Waals surface area contributed by atoms with Crippen molar-refractivity contribution in [3.63, 3.8) is 0 Å². The van der Waals surface area contributed by atoms with E-state index in [2.05, 4.69) is 5.32 Å². The number of ether oxygens (including phenoxy) is 1. The van der Waals surface area contributed by atoms with E-state index in [1.807, 2.05) is 0 Å². The van der Waals surface area contributed by atoms with E-state index in [1.165, 1.54) is 24.2 Å². The molecule has 2 N–H and O–H groups in total. The van der Waals surface area contributed by atoms with Crippen LogP contribution in [0.15, 0.2) is 0 Å². The lowest BCUT2D eigenvalue weighted by Crippen LogP contribution is -2.44. The maximum atomic E-state index is 12.0. The average Bonchev–Trinajstić information content (AvgIpc) is 2.88. The molecule has 1 aliphatic heterocycles. The van der Waals surface area contributed by atoms with Crippen molar-refractivity contribution in [2.24, 2.45) is 5.92 Å². The topological polar surface area (TPSA) is 78.9 Å². The zero-order valence-corrected chi connectivity index (χ0v) is 13.6. The number of hydrogen-bond donors (Lipinski definition) is 2. The third kappa shape index (κ3) is 4.35. The second-order valence-corrected chi connectivity index (χ2v) is 6.83. The van der Waals surface area contributed by atoms with E-state index in [1.54, 1.807) is 14.0 Å². The van der Waals surface area contributed by atoms with Crippen molar-refractivity contribution in [2.75, 3.05) is 20.1 Å². The monoisotopic (exact) mass is 312 g/mol. The van der Waals surface area contributed by atoms with Crippen molar-refractivity contribution in [2.45, 2.75) is 63.6 Å². The Kier molecular flexibility index (Phi) is 5.67. The van der Waals surface area contributed by atoms with Crippen molar-refractivity contribution in [1.82, 2.24) is 10.2 Å². The largest absolute Gasteiger partial charge is 0.481 e. The number of carboxylic acid groups (broad SMARTS) is 1. The van der Waals surface area contributed by atoms with Gasteiger partial charge in [-0.2, -0.15) is 0 Å². The van der Waals surface area contributed by atoms with E-state index >= 15 is 0 Å². The molecule has 22 heavy (non-hydrogen) atoms. The Morgan fingerprint density at radius 1 is 1.32 bits per heavy atom. The van der Waals surface area contributed by atoms with Crippen LogP contribution in [0.2, 0.25) is 0 Å². The maximum absolute atomic E-state index is 12.0. The highest BCUT2D eigenvalue weighted by atomic mass is 16.5. The summed E-state index contributed by atoms with van der Waals surface area (Å²) in [7, 11) is 1.62. The van der Waals surface area contributed by atoms with Crippen LogP contribution in [0.4, 0.5) is 4.79 Å². The SMILES string of the molecule is CC(CN(C)C(=O)NCC1CCC2(CCCCC2)O1)C(=O)O. The second-order valence-electron chi connectivity index (χ2n) is 6.83. The highest BCUT2D eigenvalue weighted by molar-refractivity contribution is 5.75. The van der Waals surface area contributed by atoms with Crippen LogP contribution in [-0.4, -0.2) is 53.8 Å². The summed E-state index contributed by atoms with van der Waals surface area (Å²) in [5.74, 6) is -1.46. The number of nitrogens with zero attached hydrogens (tertiary/aromatic N) is 1.